The van der Waals surface area contributed by atoms with Gasteiger partial charge in [-0.2, -0.15) is 0 Å². The van der Waals surface area contributed by atoms with E-state index in [0.29, 0.717) is 18.7 Å². The normalized spacial score (nSPS) is 26.7. The van der Waals surface area contributed by atoms with Crippen LogP contribution in [0.25, 0.3) is 10.9 Å². The van der Waals surface area contributed by atoms with Gasteiger partial charge >= 0.3 is 0 Å². The Kier molecular flexibility index (Phi) is 3.37. The molecular weight excluding hydrogens is 310 g/mol. The smallest absolute Gasteiger partial charge is 0.244 e. The van der Waals surface area contributed by atoms with Crippen LogP contribution in [0.4, 0.5) is 0 Å². The Morgan fingerprint density at radius 1 is 1.48 bits per heavy atom. The maximum Gasteiger partial charge on any atom is 0.244 e. The summed E-state index contributed by atoms with van der Waals surface area (Å²) in [6.07, 6.45) is 1.39. The van der Waals surface area contributed by atoms with Gasteiger partial charge in [-0.25, -0.2) is 0 Å². The summed E-state index contributed by atoms with van der Waals surface area (Å²) < 4.78 is 0. The number of hydrogen-bond acceptors (Lipinski definition) is 3. The van der Waals surface area contributed by atoms with Crippen molar-refractivity contribution in [3.8, 4) is 0 Å². The van der Waals surface area contributed by atoms with Gasteiger partial charge < -0.3 is 15.2 Å². The molecule has 3 heterocycles. The lowest BCUT2D eigenvalue weighted by molar-refractivity contribution is -0.138. The zero-order valence-electron chi connectivity index (χ0n) is 13.0. The van der Waals surface area contributed by atoms with Crippen molar-refractivity contribution in [2.45, 2.75) is 37.2 Å². The largest absolute Gasteiger partial charge is 0.357 e. The molecule has 23 heavy (non-hydrogen) atoms. The second kappa shape index (κ2) is 5.30. The van der Waals surface area contributed by atoms with Gasteiger partial charge in [0.25, 0.3) is 0 Å². The number of para-hydroxylation sites is 1. The lowest BCUT2D eigenvalue weighted by Crippen LogP contribution is -2.49. The molecular formula is C17H19N3O2S. The first-order chi connectivity index (χ1) is 11.1. The first-order valence-electron chi connectivity index (χ1n) is 7.87. The highest BCUT2D eigenvalue weighted by atomic mass is 32.2. The molecule has 2 fully saturated rings. The van der Waals surface area contributed by atoms with Crippen LogP contribution >= 0.6 is 11.8 Å². The van der Waals surface area contributed by atoms with Gasteiger partial charge in [-0.05, 0) is 30.9 Å². The van der Waals surface area contributed by atoms with Crippen LogP contribution in [0.3, 0.4) is 0 Å². The summed E-state index contributed by atoms with van der Waals surface area (Å²) in [7, 11) is 0. The molecule has 0 bridgehead atoms. The number of benzene rings is 1. The monoisotopic (exact) mass is 329 g/mol. The lowest BCUT2D eigenvalue weighted by atomic mass is 10.2. The molecule has 2 saturated heterocycles. The van der Waals surface area contributed by atoms with Gasteiger partial charge in [0.2, 0.25) is 11.8 Å². The van der Waals surface area contributed by atoms with Crippen LogP contribution < -0.4 is 5.32 Å². The molecule has 1 aromatic carbocycles. The first-order valence-corrected chi connectivity index (χ1v) is 8.86. The number of aromatic amines is 1. The fourth-order valence-electron chi connectivity index (χ4n) is 3.54. The molecule has 6 heteroatoms. The summed E-state index contributed by atoms with van der Waals surface area (Å²) in [6, 6.07) is 9.74. The topological polar surface area (TPSA) is 65.2 Å². The zero-order valence-corrected chi connectivity index (χ0v) is 13.8. The maximum absolute atomic E-state index is 12.5. The summed E-state index contributed by atoms with van der Waals surface area (Å²) in [4.78, 5) is 29.5. The third-order valence-corrected chi connectivity index (χ3v) is 6.29. The SMILES string of the molecule is CC12CCC(=O)N1C(C(=O)NCc1cc3ccccc3[nH]1)CS2. The fraction of sp³-hybridized carbons (Fsp3) is 0.412. The van der Waals surface area contributed by atoms with Gasteiger partial charge in [0.1, 0.15) is 6.04 Å². The van der Waals surface area contributed by atoms with Crippen molar-refractivity contribution in [3.63, 3.8) is 0 Å². The van der Waals surface area contributed by atoms with Gasteiger partial charge in [0.05, 0.1) is 11.4 Å². The number of thioether (sulfide) groups is 1. The van der Waals surface area contributed by atoms with E-state index in [4.69, 9.17) is 0 Å². The third kappa shape index (κ3) is 2.41. The molecule has 2 aliphatic heterocycles. The van der Waals surface area contributed by atoms with E-state index in [2.05, 4.69) is 17.2 Å². The molecule has 2 amide bonds. The van der Waals surface area contributed by atoms with Crippen molar-refractivity contribution in [3.05, 3.63) is 36.0 Å². The van der Waals surface area contributed by atoms with E-state index in [1.54, 1.807) is 16.7 Å². The minimum absolute atomic E-state index is 0.0601. The quantitative estimate of drug-likeness (QED) is 0.908. The van der Waals surface area contributed by atoms with E-state index in [0.717, 1.165) is 23.0 Å². The summed E-state index contributed by atoms with van der Waals surface area (Å²) in [5.74, 6) is 0.722. The maximum atomic E-state index is 12.5. The number of hydrogen-bond donors (Lipinski definition) is 2. The minimum atomic E-state index is -0.343. The highest BCUT2D eigenvalue weighted by Crippen LogP contribution is 2.47. The van der Waals surface area contributed by atoms with Gasteiger partial charge in [0, 0.05) is 23.4 Å². The predicted molar refractivity (Wildman–Crippen MR) is 90.9 cm³/mol. The number of fused-ring (bicyclic) bond motifs is 2. The molecule has 2 aliphatic rings. The number of amides is 2. The Morgan fingerprint density at radius 2 is 2.30 bits per heavy atom. The predicted octanol–water partition coefficient (Wildman–Crippen LogP) is 2.24. The van der Waals surface area contributed by atoms with Crippen molar-refractivity contribution in [1.29, 1.82) is 0 Å². The fourth-order valence-corrected chi connectivity index (χ4v) is 4.98. The van der Waals surface area contributed by atoms with Gasteiger partial charge in [-0.15, -0.1) is 11.8 Å². The molecule has 4 rings (SSSR count). The van der Waals surface area contributed by atoms with Crippen LogP contribution in [0.1, 0.15) is 25.5 Å². The average molecular weight is 329 g/mol. The second-order valence-corrected chi connectivity index (χ2v) is 7.87. The van der Waals surface area contributed by atoms with Crippen LogP contribution in [0.5, 0.6) is 0 Å². The molecule has 2 N–H and O–H groups in total. The summed E-state index contributed by atoms with van der Waals surface area (Å²) >= 11 is 1.72. The van der Waals surface area contributed by atoms with Gasteiger partial charge in [-0.3, -0.25) is 9.59 Å². The molecule has 2 atom stereocenters. The highest BCUT2D eigenvalue weighted by molar-refractivity contribution is 8.01. The highest BCUT2D eigenvalue weighted by Gasteiger charge is 2.52. The Hall–Kier alpha value is -1.95. The number of nitrogens with zero attached hydrogens (tertiary/aromatic N) is 1. The van der Waals surface area contributed by atoms with Gasteiger partial charge in [-0.1, -0.05) is 18.2 Å². The molecule has 120 valence electrons. The molecule has 2 unspecified atom stereocenters. The Balaban J connectivity index is 1.45. The third-order valence-electron chi connectivity index (χ3n) is 4.79. The van der Waals surface area contributed by atoms with Crippen molar-refractivity contribution in [1.82, 2.24) is 15.2 Å². The van der Waals surface area contributed by atoms with Crippen molar-refractivity contribution in [2.75, 3.05) is 5.75 Å². The zero-order chi connectivity index (χ0) is 16.0. The summed E-state index contributed by atoms with van der Waals surface area (Å²) in [5, 5.41) is 4.11. The molecule has 0 radical (unpaired) electrons. The number of carbonyl (C=O) groups is 2. The van der Waals surface area contributed by atoms with Crippen molar-refractivity contribution in [2.24, 2.45) is 0 Å². The number of H-pyrrole nitrogens is 1. The molecule has 2 aromatic rings. The minimum Gasteiger partial charge on any atom is -0.357 e. The molecule has 1 aromatic heterocycles. The van der Waals surface area contributed by atoms with E-state index < -0.39 is 0 Å². The van der Waals surface area contributed by atoms with Crippen LogP contribution in [-0.2, 0) is 16.1 Å². The number of rotatable bonds is 3. The van der Waals surface area contributed by atoms with Crippen LogP contribution in [0.2, 0.25) is 0 Å². The molecule has 0 aliphatic carbocycles. The lowest BCUT2D eigenvalue weighted by Gasteiger charge is -2.29. The Morgan fingerprint density at radius 3 is 3.13 bits per heavy atom. The Labute approximate surface area is 138 Å². The van der Waals surface area contributed by atoms with Crippen LogP contribution in [0, 0.1) is 0 Å². The number of carbonyl (C=O) groups excluding carboxylic acids is 2. The van der Waals surface area contributed by atoms with E-state index in [9.17, 15) is 9.59 Å². The van der Waals surface area contributed by atoms with Crippen LogP contribution in [-0.4, -0.2) is 38.4 Å². The molecule has 0 saturated carbocycles. The molecule has 0 spiro atoms. The van der Waals surface area contributed by atoms with Crippen LogP contribution in [0.15, 0.2) is 30.3 Å². The molecule has 5 nitrogen and oxygen atoms in total. The van der Waals surface area contributed by atoms with E-state index >= 15 is 0 Å². The second-order valence-electron chi connectivity index (χ2n) is 6.37. The number of aromatic nitrogens is 1. The standard InChI is InChI=1S/C17H19N3O2S/c1-17-7-6-15(21)20(17)14(10-23-17)16(22)18-9-12-8-11-4-2-3-5-13(11)19-12/h2-5,8,14,19H,6-7,9-10H2,1H3,(H,18,22). The summed E-state index contributed by atoms with van der Waals surface area (Å²) in [6.45, 7) is 2.51. The van der Waals surface area contributed by atoms with E-state index in [1.807, 2.05) is 30.3 Å². The van der Waals surface area contributed by atoms with Crippen molar-refractivity contribution < 1.29 is 9.59 Å². The van der Waals surface area contributed by atoms with E-state index in [-0.39, 0.29) is 22.7 Å². The van der Waals surface area contributed by atoms with E-state index in [1.165, 1.54) is 0 Å². The van der Waals surface area contributed by atoms with Gasteiger partial charge in [0.15, 0.2) is 0 Å². The van der Waals surface area contributed by atoms with Crippen molar-refractivity contribution >= 4 is 34.5 Å². The number of nitrogens with one attached hydrogen (secondary N) is 2. The Bertz CT molecular complexity index is 754. The first kappa shape index (κ1) is 14.6. The summed E-state index contributed by atoms with van der Waals surface area (Å²) in [5.41, 5.74) is 2.04. The average Bonchev–Trinajstić information content (AvgIpc) is 3.18.